The van der Waals surface area contributed by atoms with Crippen molar-refractivity contribution in [2.24, 2.45) is 0 Å². The van der Waals surface area contributed by atoms with Crippen molar-refractivity contribution in [1.82, 2.24) is 4.72 Å². The van der Waals surface area contributed by atoms with Gasteiger partial charge < -0.3 is 0 Å². The first kappa shape index (κ1) is 14.5. The molecule has 0 bridgehead atoms. The minimum absolute atomic E-state index is 0.197. The summed E-state index contributed by atoms with van der Waals surface area (Å²) < 4.78 is 59.5. The van der Waals surface area contributed by atoms with Gasteiger partial charge in [0, 0.05) is 11.0 Å². The van der Waals surface area contributed by atoms with Crippen LogP contribution in [0.1, 0.15) is 5.56 Å². The quantitative estimate of drug-likeness (QED) is 0.921. The Morgan fingerprint density at radius 2 is 1.71 bits per heavy atom. The van der Waals surface area contributed by atoms with Crippen LogP contribution in [0.3, 0.4) is 0 Å². The van der Waals surface area contributed by atoms with E-state index in [1.54, 1.807) is 24.3 Å². The molecule has 0 aliphatic heterocycles. The van der Waals surface area contributed by atoms with Crippen molar-refractivity contribution in [3.05, 3.63) is 34.3 Å². The Labute approximate surface area is 105 Å². The van der Waals surface area contributed by atoms with Crippen LogP contribution >= 0.6 is 15.9 Å². The summed E-state index contributed by atoms with van der Waals surface area (Å²) in [5.41, 5.74) is -4.51. The largest absolute Gasteiger partial charge is 0.511 e. The average molecular weight is 332 g/mol. The predicted octanol–water partition coefficient (Wildman–Crippen LogP) is 2.43. The molecule has 1 aromatic carbocycles. The van der Waals surface area contributed by atoms with Crippen LogP contribution in [-0.4, -0.2) is 20.5 Å². The molecule has 1 aromatic rings. The maximum Gasteiger partial charge on any atom is 0.511 e. The summed E-state index contributed by atoms with van der Waals surface area (Å²) in [6.45, 7) is -0.288. The maximum absolute atomic E-state index is 12.0. The Balaban J connectivity index is 2.52. The van der Waals surface area contributed by atoms with Gasteiger partial charge in [-0.3, -0.25) is 0 Å². The first-order valence-corrected chi connectivity index (χ1v) is 6.80. The monoisotopic (exact) mass is 331 g/mol. The van der Waals surface area contributed by atoms with E-state index in [0.29, 0.717) is 0 Å². The highest BCUT2D eigenvalue weighted by atomic mass is 79.9. The van der Waals surface area contributed by atoms with Crippen LogP contribution in [0.2, 0.25) is 0 Å². The molecule has 1 rings (SSSR count). The Morgan fingerprint density at radius 3 is 2.18 bits per heavy atom. The van der Waals surface area contributed by atoms with Gasteiger partial charge in [0.15, 0.2) is 0 Å². The topological polar surface area (TPSA) is 46.2 Å². The van der Waals surface area contributed by atoms with Crippen LogP contribution in [0.25, 0.3) is 0 Å². The number of benzene rings is 1. The molecule has 0 saturated carbocycles. The summed E-state index contributed by atoms with van der Waals surface area (Å²) in [5.74, 6) is 0. The second-order valence-electron chi connectivity index (χ2n) is 3.22. The van der Waals surface area contributed by atoms with Gasteiger partial charge in [-0.05, 0) is 24.1 Å². The van der Waals surface area contributed by atoms with Gasteiger partial charge in [-0.15, -0.1) is 0 Å². The first-order valence-electron chi connectivity index (χ1n) is 4.53. The summed E-state index contributed by atoms with van der Waals surface area (Å²) in [4.78, 5) is 0. The Hall–Kier alpha value is -0.600. The highest BCUT2D eigenvalue weighted by Gasteiger charge is 2.45. The van der Waals surface area contributed by atoms with Crippen LogP contribution in [-0.2, 0) is 16.4 Å². The van der Waals surface area contributed by atoms with Crippen molar-refractivity contribution in [1.29, 1.82) is 0 Å². The van der Waals surface area contributed by atoms with E-state index in [2.05, 4.69) is 15.9 Å². The highest BCUT2D eigenvalue weighted by molar-refractivity contribution is 9.10. The molecule has 0 aliphatic carbocycles. The van der Waals surface area contributed by atoms with E-state index >= 15 is 0 Å². The Bertz CT molecular complexity index is 470. The second kappa shape index (κ2) is 5.36. The molecule has 0 saturated heterocycles. The summed E-state index contributed by atoms with van der Waals surface area (Å²) in [6, 6.07) is 6.86. The normalized spacial score (nSPS) is 12.7. The summed E-state index contributed by atoms with van der Waals surface area (Å²) in [6.07, 6.45) is 0.197. The van der Waals surface area contributed by atoms with Gasteiger partial charge in [0.25, 0.3) is 0 Å². The van der Waals surface area contributed by atoms with E-state index in [4.69, 9.17) is 0 Å². The fourth-order valence-electron chi connectivity index (χ4n) is 1.06. The number of hydrogen-bond donors (Lipinski definition) is 1. The number of hydrogen-bond acceptors (Lipinski definition) is 2. The molecular formula is C9H9BrF3NO2S. The number of halogens is 4. The predicted molar refractivity (Wildman–Crippen MR) is 60.8 cm³/mol. The fourth-order valence-corrected chi connectivity index (χ4v) is 1.86. The summed E-state index contributed by atoms with van der Waals surface area (Å²) >= 11 is 3.21. The molecule has 0 spiro atoms. The zero-order valence-electron chi connectivity index (χ0n) is 8.46. The summed E-state index contributed by atoms with van der Waals surface area (Å²) in [5, 5.41) is 0. The molecule has 0 aliphatic rings. The van der Waals surface area contributed by atoms with Crippen molar-refractivity contribution in [3.63, 3.8) is 0 Å². The van der Waals surface area contributed by atoms with Crippen LogP contribution in [0.15, 0.2) is 28.7 Å². The smallest absolute Gasteiger partial charge is 0.207 e. The van der Waals surface area contributed by atoms with E-state index in [0.717, 1.165) is 10.0 Å². The van der Waals surface area contributed by atoms with Gasteiger partial charge in [0.2, 0.25) is 0 Å². The lowest BCUT2D eigenvalue weighted by atomic mass is 10.2. The molecule has 0 atom stereocenters. The molecular weight excluding hydrogens is 323 g/mol. The third kappa shape index (κ3) is 4.29. The third-order valence-electron chi connectivity index (χ3n) is 1.92. The Morgan fingerprint density at radius 1 is 1.18 bits per heavy atom. The molecule has 3 nitrogen and oxygen atoms in total. The minimum Gasteiger partial charge on any atom is -0.207 e. The number of nitrogens with one attached hydrogen (secondary N) is 1. The van der Waals surface area contributed by atoms with E-state index < -0.39 is 15.5 Å². The van der Waals surface area contributed by atoms with Crippen LogP contribution in [0.4, 0.5) is 13.2 Å². The highest BCUT2D eigenvalue weighted by Crippen LogP contribution is 2.21. The minimum atomic E-state index is -5.26. The Kier molecular flexibility index (Phi) is 4.56. The van der Waals surface area contributed by atoms with E-state index in [9.17, 15) is 21.6 Å². The lowest BCUT2D eigenvalue weighted by Gasteiger charge is -2.09. The number of alkyl halides is 3. The van der Waals surface area contributed by atoms with Gasteiger partial charge in [-0.25, -0.2) is 13.1 Å². The molecule has 96 valence electrons. The van der Waals surface area contributed by atoms with Crippen LogP contribution in [0, 0.1) is 0 Å². The summed E-state index contributed by atoms with van der Waals surface area (Å²) in [7, 11) is -5.24. The lowest BCUT2D eigenvalue weighted by Crippen LogP contribution is -2.37. The molecule has 17 heavy (non-hydrogen) atoms. The molecule has 0 heterocycles. The average Bonchev–Trinajstić information content (AvgIpc) is 2.19. The zero-order chi connectivity index (χ0) is 13.1. The van der Waals surface area contributed by atoms with E-state index in [1.807, 2.05) is 0 Å². The maximum atomic E-state index is 12.0. The number of rotatable bonds is 4. The van der Waals surface area contributed by atoms with E-state index in [-0.39, 0.29) is 13.0 Å². The van der Waals surface area contributed by atoms with Gasteiger partial charge in [-0.2, -0.15) is 13.2 Å². The first-order chi connectivity index (χ1) is 7.72. The van der Waals surface area contributed by atoms with Gasteiger partial charge in [0.05, 0.1) is 0 Å². The molecule has 0 amide bonds. The van der Waals surface area contributed by atoms with Gasteiger partial charge in [0.1, 0.15) is 0 Å². The van der Waals surface area contributed by atoms with Crippen molar-refractivity contribution >= 4 is 26.0 Å². The molecule has 1 N–H and O–H groups in total. The van der Waals surface area contributed by atoms with Crippen molar-refractivity contribution in [2.45, 2.75) is 11.9 Å². The van der Waals surface area contributed by atoms with Crippen molar-refractivity contribution < 1.29 is 21.6 Å². The lowest BCUT2D eigenvalue weighted by molar-refractivity contribution is -0.0447. The number of sulfonamides is 1. The zero-order valence-corrected chi connectivity index (χ0v) is 10.9. The van der Waals surface area contributed by atoms with Crippen LogP contribution in [0.5, 0.6) is 0 Å². The van der Waals surface area contributed by atoms with Crippen molar-refractivity contribution in [3.8, 4) is 0 Å². The molecule has 0 aromatic heterocycles. The van der Waals surface area contributed by atoms with Gasteiger partial charge in [-0.1, -0.05) is 28.1 Å². The van der Waals surface area contributed by atoms with Crippen LogP contribution < -0.4 is 4.72 Å². The SMILES string of the molecule is O=S(=O)(NCCc1ccc(Br)cc1)C(F)(F)F. The molecule has 0 unspecified atom stereocenters. The fraction of sp³-hybridized carbons (Fsp3) is 0.333. The second-order valence-corrected chi connectivity index (χ2v) is 5.89. The van der Waals surface area contributed by atoms with Gasteiger partial charge >= 0.3 is 15.5 Å². The molecule has 0 fully saturated rings. The van der Waals surface area contributed by atoms with E-state index in [1.165, 1.54) is 4.72 Å². The third-order valence-corrected chi connectivity index (χ3v) is 3.65. The standard InChI is InChI=1S/C9H9BrF3NO2S/c10-8-3-1-7(2-4-8)5-6-14-17(15,16)9(11,12)13/h1-4,14H,5-6H2. The van der Waals surface area contributed by atoms with Crippen molar-refractivity contribution in [2.75, 3.05) is 6.54 Å². The molecule has 0 radical (unpaired) electrons. The molecule has 8 heteroatoms.